The van der Waals surface area contributed by atoms with E-state index in [2.05, 4.69) is 0 Å². The van der Waals surface area contributed by atoms with E-state index in [0.717, 1.165) is 27.8 Å². The summed E-state index contributed by atoms with van der Waals surface area (Å²) in [5.41, 5.74) is 3.99. The summed E-state index contributed by atoms with van der Waals surface area (Å²) in [6.45, 7) is 4.25. The Kier molecular flexibility index (Phi) is 5.85. The average Bonchev–Trinajstić information content (AvgIpc) is 2.79. The van der Waals surface area contributed by atoms with Crippen LogP contribution >= 0.6 is 0 Å². The summed E-state index contributed by atoms with van der Waals surface area (Å²) in [4.78, 5) is 24.5. The number of para-hydroxylation sites is 1. The van der Waals surface area contributed by atoms with Crippen LogP contribution in [0.3, 0.4) is 0 Å². The molecule has 0 saturated heterocycles. The van der Waals surface area contributed by atoms with Crippen molar-refractivity contribution in [2.45, 2.75) is 27.1 Å². The van der Waals surface area contributed by atoms with Crippen LogP contribution in [0.2, 0.25) is 0 Å². The number of carbonyl (C=O) groups is 1. The number of carbonyl (C=O) groups excluding carboxylic acids is 1. The van der Waals surface area contributed by atoms with E-state index in [-0.39, 0.29) is 6.61 Å². The van der Waals surface area contributed by atoms with Gasteiger partial charge < -0.3 is 13.9 Å². The molecule has 0 amide bonds. The molecule has 0 atom stereocenters. The van der Waals surface area contributed by atoms with E-state index in [1.807, 2.05) is 68.4 Å². The van der Waals surface area contributed by atoms with Crippen LogP contribution in [0, 0.1) is 13.8 Å². The lowest BCUT2D eigenvalue weighted by Crippen LogP contribution is -2.08. The van der Waals surface area contributed by atoms with Crippen LogP contribution in [-0.4, -0.2) is 5.97 Å². The largest absolute Gasteiger partial charge is 0.489 e. The first kappa shape index (κ1) is 20.4. The predicted octanol–water partition coefficient (Wildman–Crippen LogP) is 5.35. The standard InChI is InChI=1S/C26H22O5/c1-17-8-13-23-21(14-24(27)31-25(23)18(17)2)16-30-26(28)20-11-9-19(10-12-20)15-29-22-6-4-3-5-7-22/h3-14H,15-16H2,1-2H3. The van der Waals surface area contributed by atoms with Gasteiger partial charge in [0.15, 0.2) is 0 Å². The maximum absolute atomic E-state index is 12.5. The lowest BCUT2D eigenvalue weighted by atomic mass is 10.0. The van der Waals surface area contributed by atoms with Crippen molar-refractivity contribution in [2.24, 2.45) is 0 Å². The Hall–Kier alpha value is -3.86. The van der Waals surface area contributed by atoms with Crippen LogP contribution in [0.25, 0.3) is 11.0 Å². The summed E-state index contributed by atoms with van der Waals surface area (Å²) in [6.07, 6.45) is 0. The molecular weight excluding hydrogens is 392 g/mol. The number of aryl methyl sites for hydroxylation is 2. The molecule has 0 saturated carbocycles. The van der Waals surface area contributed by atoms with Gasteiger partial charge in [-0.2, -0.15) is 0 Å². The van der Waals surface area contributed by atoms with Crippen molar-refractivity contribution in [2.75, 3.05) is 0 Å². The number of ether oxygens (including phenoxy) is 2. The molecule has 0 N–H and O–H groups in total. The van der Waals surface area contributed by atoms with Gasteiger partial charge in [0.25, 0.3) is 0 Å². The number of esters is 1. The smallest absolute Gasteiger partial charge is 0.338 e. The molecule has 0 aliphatic carbocycles. The van der Waals surface area contributed by atoms with Gasteiger partial charge in [-0.15, -0.1) is 0 Å². The minimum absolute atomic E-state index is 0.0116. The molecule has 5 nitrogen and oxygen atoms in total. The minimum atomic E-state index is -0.463. The molecule has 0 aliphatic heterocycles. The third kappa shape index (κ3) is 4.67. The molecule has 5 heteroatoms. The SMILES string of the molecule is Cc1ccc2c(COC(=O)c3ccc(COc4ccccc4)cc3)cc(=O)oc2c1C. The van der Waals surface area contributed by atoms with Crippen LogP contribution in [0.1, 0.15) is 32.6 Å². The molecular formula is C26H22O5. The predicted molar refractivity (Wildman–Crippen MR) is 118 cm³/mol. The van der Waals surface area contributed by atoms with Gasteiger partial charge in [-0.1, -0.05) is 42.5 Å². The molecule has 0 aliphatic rings. The Morgan fingerprint density at radius 3 is 2.39 bits per heavy atom. The Labute approximate surface area is 179 Å². The molecule has 1 aromatic heterocycles. The first-order valence-electron chi connectivity index (χ1n) is 9.98. The van der Waals surface area contributed by atoms with Crippen LogP contribution in [0.5, 0.6) is 5.75 Å². The van der Waals surface area contributed by atoms with Crippen molar-refractivity contribution < 1.29 is 18.7 Å². The summed E-state index contributed by atoms with van der Waals surface area (Å²) < 4.78 is 16.5. The minimum Gasteiger partial charge on any atom is -0.489 e. The Morgan fingerprint density at radius 2 is 1.65 bits per heavy atom. The van der Waals surface area contributed by atoms with Gasteiger partial charge >= 0.3 is 11.6 Å². The van der Waals surface area contributed by atoms with Crippen LogP contribution in [-0.2, 0) is 18.0 Å². The summed E-state index contributed by atoms with van der Waals surface area (Å²) in [6, 6.07) is 21.8. The van der Waals surface area contributed by atoms with Gasteiger partial charge in [-0.25, -0.2) is 9.59 Å². The topological polar surface area (TPSA) is 65.7 Å². The lowest BCUT2D eigenvalue weighted by molar-refractivity contribution is 0.0473. The van der Waals surface area contributed by atoms with Gasteiger partial charge in [0, 0.05) is 17.0 Å². The average molecular weight is 414 g/mol. The molecule has 3 aromatic carbocycles. The lowest BCUT2D eigenvalue weighted by Gasteiger charge is -2.10. The zero-order chi connectivity index (χ0) is 21.8. The highest BCUT2D eigenvalue weighted by Gasteiger charge is 2.13. The number of hydrogen-bond donors (Lipinski definition) is 0. The van der Waals surface area contributed by atoms with E-state index in [9.17, 15) is 9.59 Å². The van der Waals surface area contributed by atoms with E-state index in [0.29, 0.717) is 23.3 Å². The fraction of sp³-hybridized carbons (Fsp3) is 0.154. The third-order valence-electron chi connectivity index (χ3n) is 5.21. The second-order valence-corrected chi connectivity index (χ2v) is 7.35. The molecule has 156 valence electrons. The van der Waals surface area contributed by atoms with Crippen LogP contribution in [0.15, 0.2) is 82.0 Å². The molecule has 0 radical (unpaired) electrons. The van der Waals surface area contributed by atoms with E-state index in [4.69, 9.17) is 13.9 Å². The zero-order valence-electron chi connectivity index (χ0n) is 17.4. The Morgan fingerprint density at radius 1 is 0.903 bits per heavy atom. The second-order valence-electron chi connectivity index (χ2n) is 7.35. The summed E-state index contributed by atoms with van der Waals surface area (Å²) in [5.74, 6) is 0.330. The summed E-state index contributed by atoms with van der Waals surface area (Å²) in [5, 5.41) is 0.768. The van der Waals surface area contributed by atoms with Gasteiger partial charge in [0.05, 0.1) is 5.56 Å². The monoisotopic (exact) mass is 414 g/mol. The van der Waals surface area contributed by atoms with Crippen molar-refractivity contribution >= 4 is 16.9 Å². The first-order valence-corrected chi connectivity index (χ1v) is 9.98. The van der Waals surface area contributed by atoms with Gasteiger partial charge in [-0.3, -0.25) is 0 Å². The van der Waals surface area contributed by atoms with Crippen molar-refractivity contribution in [1.82, 2.24) is 0 Å². The fourth-order valence-corrected chi connectivity index (χ4v) is 3.29. The van der Waals surface area contributed by atoms with Gasteiger partial charge in [0.2, 0.25) is 0 Å². The highest BCUT2D eigenvalue weighted by molar-refractivity contribution is 5.90. The molecule has 0 bridgehead atoms. The number of hydrogen-bond acceptors (Lipinski definition) is 5. The zero-order valence-corrected chi connectivity index (χ0v) is 17.4. The fourth-order valence-electron chi connectivity index (χ4n) is 3.29. The van der Waals surface area contributed by atoms with Crippen LogP contribution in [0.4, 0.5) is 0 Å². The van der Waals surface area contributed by atoms with Crippen molar-refractivity contribution in [3.63, 3.8) is 0 Å². The van der Waals surface area contributed by atoms with Crippen molar-refractivity contribution in [1.29, 1.82) is 0 Å². The maximum Gasteiger partial charge on any atom is 0.338 e. The van der Waals surface area contributed by atoms with E-state index in [1.165, 1.54) is 6.07 Å². The van der Waals surface area contributed by atoms with Gasteiger partial charge in [0.1, 0.15) is 24.5 Å². The molecule has 4 aromatic rings. The molecule has 0 spiro atoms. The number of benzene rings is 3. The molecule has 1 heterocycles. The summed E-state index contributed by atoms with van der Waals surface area (Å²) >= 11 is 0. The number of fused-ring (bicyclic) bond motifs is 1. The van der Waals surface area contributed by atoms with Crippen LogP contribution < -0.4 is 10.4 Å². The summed E-state index contributed by atoms with van der Waals surface area (Å²) in [7, 11) is 0. The quantitative estimate of drug-likeness (QED) is 0.314. The number of rotatable bonds is 6. The molecule has 0 fully saturated rings. The Bertz CT molecular complexity index is 1270. The Balaban J connectivity index is 1.43. The van der Waals surface area contributed by atoms with E-state index >= 15 is 0 Å². The van der Waals surface area contributed by atoms with Crippen molar-refractivity contribution in [3.8, 4) is 5.75 Å². The highest BCUT2D eigenvalue weighted by Crippen LogP contribution is 2.24. The molecule has 4 rings (SSSR count). The highest BCUT2D eigenvalue weighted by atomic mass is 16.5. The molecule has 0 unspecified atom stereocenters. The van der Waals surface area contributed by atoms with Gasteiger partial charge in [-0.05, 0) is 54.8 Å². The first-order chi connectivity index (χ1) is 15.0. The van der Waals surface area contributed by atoms with Crippen molar-refractivity contribution in [3.05, 3.63) is 111 Å². The second kappa shape index (κ2) is 8.88. The van der Waals surface area contributed by atoms with E-state index < -0.39 is 11.6 Å². The maximum atomic E-state index is 12.5. The molecule has 31 heavy (non-hydrogen) atoms. The third-order valence-corrected chi connectivity index (χ3v) is 5.21. The normalized spacial score (nSPS) is 10.8. The van der Waals surface area contributed by atoms with E-state index in [1.54, 1.807) is 12.1 Å².